The molecule has 1 heterocycles. The molecule has 3 aromatic carbocycles. The van der Waals surface area contributed by atoms with Crippen molar-refractivity contribution in [2.45, 2.75) is 24.5 Å². The standard InChI is InChI=1S/C23H22N2O2S/c26-22(24-20-11-5-8-16-6-1-3-9-18(16)20)14-15-28-21-13-12-17-7-2-4-10-19(17)25-23(21)27/h1-11,21H,12-15H2,(H,24,26)(H,25,27). The molecule has 0 bridgehead atoms. The third-order valence-corrected chi connectivity index (χ3v) is 6.25. The number of carbonyl (C=O) groups excluding carboxylic acids is 2. The summed E-state index contributed by atoms with van der Waals surface area (Å²) in [5.41, 5.74) is 2.91. The zero-order valence-corrected chi connectivity index (χ0v) is 16.3. The molecule has 1 aliphatic heterocycles. The molecule has 0 aromatic heterocycles. The Balaban J connectivity index is 1.31. The lowest BCUT2D eigenvalue weighted by molar-refractivity contribution is -0.116. The molecule has 0 fully saturated rings. The van der Waals surface area contributed by atoms with Crippen molar-refractivity contribution in [3.63, 3.8) is 0 Å². The van der Waals surface area contributed by atoms with Crippen LogP contribution in [0.15, 0.2) is 66.7 Å². The van der Waals surface area contributed by atoms with E-state index in [2.05, 4.69) is 16.7 Å². The van der Waals surface area contributed by atoms with E-state index in [1.54, 1.807) is 11.8 Å². The van der Waals surface area contributed by atoms with Crippen molar-refractivity contribution in [2.24, 2.45) is 0 Å². The maximum atomic E-state index is 12.5. The molecule has 1 unspecified atom stereocenters. The van der Waals surface area contributed by atoms with Crippen molar-refractivity contribution in [2.75, 3.05) is 16.4 Å². The van der Waals surface area contributed by atoms with Gasteiger partial charge in [-0.15, -0.1) is 11.8 Å². The van der Waals surface area contributed by atoms with E-state index in [9.17, 15) is 9.59 Å². The van der Waals surface area contributed by atoms with Crippen molar-refractivity contribution in [1.29, 1.82) is 0 Å². The van der Waals surface area contributed by atoms with Gasteiger partial charge in [0.05, 0.1) is 5.25 Å². The summed E-state index contributed by atoms with van der Waals surface area (Å²) in [4.78, 5) is 24.9. The van der Waals surface area contributed by atoms with Gasteiger partial charge in [0, 0.05) is 28.9 Å². The van der Waals surface area contributed by atoms with E-state index >= 15 is 0 Å². The van der Waals surface area contributed by atoms with E-state index in [0.717, 1.165) is 35.0 Å². The number of hydrogen-bond donors (Lipinski definition) is 2. The molecule has 3 aromatic rings. The molecule has 1 aliphatic rings. The Labute approximate surface area is 168 Å². The average molecular weight is 391 g/mol. The SMILES string of the molecule is O=C(CCSC1CCc2ccccc2NC1=O)Nc1cccc2ccccc12. The second-order valence-electron chi connectivity index (χ2n) is 6.87. The van der Waals surface area contributed by atoms with Crippen molar-refractivity contribution < 1.29 is 9.59 Å². The predicted molar refractivity (Wildman–Crippen MR) is 117 cm³/mol. The van der Waals surface area contributed by atoms with Gasteiger partial charge in [0.1, 0.15) is 0 Å². The van der Waals surface area contributed by atoms with E-state index in [4.69, 9.17) is 0 Å². The van der Waals surface area contributed by atoms with E-state index < -0.39 is 0 Å². The highest BCUT2D eigenvalue weighted by molar-refractivity contribution is 8.00. The van der Waals surface area contributed by atoms with Gasteiger partial charge in [-0.2, -0.15) is 0 Å². The van der Waals surface area contributed by atoms with Crippen LogP contribution in [0.1, 0.15) is 18.4 Å². The number of thioether (sulfide) groups is 1. The number of para-hydroxylation sites is 1. The molecule has 2 N–H and O–H groups in total. The van der Waals surface area contributed by atoms with Crippen molar-refractivity contribution in [3.05, 3.63) is 72.3 Å². The van der Waals surface area contributed by atoms with Crippen LogP contribution < -0.4 is 10.6 Å². The van der Waals surface area contributed by atoms with Crippen LogP contribution in [0.5, 0.6) is 0 Å². The molecule has 5 heteroatoms. The Morgan fingerprint density at radius 1 is 1.04 bits per heavy atom. The fourth-order valence-corrected chi connectivity index (χ4v) is 4.57. The van der Waals surface area contributed by atoms with Crippen LogP contribution in [-0.4, -0.2) is 22.8 Å². The van der Waals surface area contributed by atoms with Crippen LogP contribution in [0.3, 0.4) is 0 Å². The summed E-state index contributed by atoms with van der Waals surface area (Å²) in [7, 11) is 0. The zero-order chi connectivity index (χ0) is 19.3. The second-order valence-corrected chi connectivity index (χ2v) is 8.18. The number of hydrogen-bond acceptors (Lipinski definition) is 3. The summed E-state index contributed by atoms with van der Waals surface area (Å²) in [5.74, 6) is 0.621. The summed E-state index contributed by atoms with van der Waals surface area (Å²) in [6, 6.07) is 21.8. The lowest BCUT2D eigenvalue weighted by atomic mass is 10.1. The molecule has 4 nitrogen and oxygen atoms in total. The molecular weight excluding hydrogens is 368 g/mol. The Kier molecular flexibility index (Phi) is 5.63. The van der Waals surface area contributed by atoms with Crippen molar-refractivity contribution in [1.82, 2.24) is 0 Å². The number of fused-ring (bicyclic) bond motifs is 2. The number of anilines is 2. The third kappa shape index (κ3) is 4.20. The number of carbonyl (C=O) groups is 2. The van der Waals surface area contributed by atoms with Gasteiger partial charge in [-0.1, -0.05) is 54.6 Å². The van der Waals surface area contributed by atoms with Gasteiger partial charge < -0.3 is 10.6 Å². The largest absolute Gasteiger partial charge is 0.325 e. The normalized spacial score (nSPS) is 16.1. The molecule has 0 saturated carbocycles. The Morgan fingerprint density at radius 3 is 2.75 bits per heavy atom. The molecule has 2 amide bonds. The Hall–Kier alpha value is -2.79. The van der Waals surface area contributed by atoms with Gasteiger partial charge in [0.2, 0.25) is 11.8 Å². The lowest BCUT2D eigenvalue weighted by Crippen LogP contribution is -2.24. The molecule has 28 heavy (non-hydrogen) atoms. The van der Waals surface area contributed by atoms with Gasteiger partial charge in [-0.3, -0.25) is 9.59 Å². The fraction of sp³-hybridized carbons (Fsp3) is 0.217. The monoisotopic (exact) mass is 390 g/mol. The van der Waals surface area contributed by atoms with Gasteiger partial charge in [0.25, 0.3) is 0 Å². The quantitative estimate of drug-likeness (QED) is 0.654. The van der Waals surface area contributed by atoms with Crippen LogP contribution in [0.25, 0.3) is 10.8 Å². The molecule has 0 spiro atoms. The van der Waals surface area contributed by atoms with E-state index in [1.165, 1.54) is 5.56 Å². The van der Waals surface area contributed by atoms with E-state index in [0.29, 0.717) is 12.2 Å². The molecule has 0 aliphatic carbocycles. The minimum atomic E-state index is -0.127. The lowest BCUT2D eigenvalue weighted by Gasteiger charge is -2.13. The van der Waals surface area contributed by atoms with Crippen LogP contribution in [0.2, 0.25) is 0 Å². The number of aryl methyl sites for hydroxylation is 1. The highest BCUT2D eigenvalue weighted by Gasteiger charge is 2.23. The first-order chi connectivity index (χ1) is 13.7. The number of nitrogens with one attached hydrogen (secondary N) is 2. The summed E-state index contributed by atoms with van der Waals surface area (Å²) in [5, 5.41) is 8.03. The third-order valence-electron chi connectivity index (χ3n) is 4.96. The van der Waals surface area contributed by atoms with Gasteiger partial charge in [0.15, 0.2) is 0 Å². The molecule has 0 radical (unpaired) electrons. The molecule has 4 rings (SSSR count). The minimum absolute atomic E-state index is 0.0267. The predicted octanol–water partition coefficient (Wildman–Crippen LogP) is 4.86. The molecule has 0 saturated heterocycles. The number of benzene rings is 3. The van der Waals surface area contributed by atoms with Gasteiger partial charge >= 0.3 is 0 Å². The zero-order valence-electron chi connectivity index (χ0n) is 15.5. The van der Waals surface area contributed by atoms with E-state index in [1.807, 2.05) is 60.7 Å². The topological polar surface area (TPSA) is 58.2 Å². The van der Waals surface area contributed by atoms with Crippen LogP contribution in [0.4, 0.5) is 11.4 Å². The summed E-state index contributed by atoms with van der Waals surface area (Å²) in [6.45, 7) is 0. The smallest absolute Gasteiger partial charge is 0.237 e. The Bertz CT molecular complexity index is 1010. The fourth-order valence-electron chi connectivity index (χ4n) is 3.49. The molecule has 142 valence electrons. The minimum Gasteiger partial charge on any atom is -0.325 e. The average Bonchev–Trinajstić information content (AvgIpc) is 2.87. The van der Waals surface area contributed by atoms with Crippen LogP contribution >= 0.6 is 11.8 Å². The van der Waals surface area contributed by atoms with E-state index in [-0.39, 0.29) is 17.1 Å². The van der Waals surface area contributed by atoms with Crippen molar-refractivity contribution >= 4 is 45.7 Å². The summed E-state index contributed by atoms with van der Waals surface area (Å²) in [6.07, 6.45) is 2.04. The van der Waals surface area contributed by atoms with Gasteiger partial charge in [-0.25, -0.2) is 0 Å². The summed E-state index contributed by atoms with van der Waals surface area (Å²) < 4.78 is 0. The first kappa shape index (κ1) is 18.6. The maximum Gasteiger partial charge on any atom is 0.237 e. The maximum absolute atomic E-state index is 12.5. The highest BCUT2D eigenvalue weighted by atomic mass is 32.2. The molecule has 1 atom stereocenters. The highest BCUT2D eigenvalue weighted by Crippen LogP contribution is 2.28. The van der Waals surface area contributed by atoms with Crippen molar-refractivity contribution in [3.8, 4) is 0 Å². The molecular formula is C23H22N2O2S. The van der Waals surface area contributed by atoms with Gasteiger partial charge in [-0.05, 0) is 35.9 Å². The van der Waals surface area contributed by atoms with Crippen LogP contribution in [0, 0.1) is 0 Å². The van der Waals surface area contributed by atoms with Crippen LogP contribution in [-0.2, 0) is 16.0 Å². The second kappa shape index (κ2) is 8.48. The number of amides is 2. The number of rotatable bonds is 5. The first-order valence-electron chi connectivity index (χ1n) is 9.49. The Morgan fingerprint density at radius 2 is 1.82 bits per heavy atom. The first-order valence-corrected chi connectivity index (χ1v) is 10.5. The summed E-state index contributed by atoms with van der Waals surface area (Å²) >= 11 is 1.56.